The maximum absolute atomic E-state index is 11.0. The second-order valence-corrected chi connectivity index (χ2v) is 6.19. The molecule has 3 aromatic rings. The smallest absolute Gasteiger partial charge is 0.335 e. The Labute approximate surface area is 180 Å². The van der Waals surface area contributed by atoms with Crippen LogP contribution in [0.3, 0.4) is 0 Å². The standard InChI is InChI=1S/C24H18O4.V/c25-23(26)21-5-1-3-19(15-21)13-11-17-7-9-18(10-8-17)12-14-20-4-2-6-22(16-20)24(27)28;/h1-16H,(H,25,26)(H,27,28);/b13-11+,14-12+;. The average Bonchev–Trinajstić information content (AvgIpc) is 2.72. The summed E-state index contributed by atoms with van der Waals surface area (Å²) in [5.41, 5.74) is 4.14. The average molecular weight is 421 g/mol. The van der Waals surface area contributed by atoms with Crippen LogP contribution in [0.4, 0.5) is 0 Å². The third kappa shape index (κ3) is 6.35. The molecule has 0 aliphatic rings. The number of benzene rings is 3. The number of hydrogen-bond acceptors (Lipinski definition) is 2. The molecule has 0 spiro atoms. The number of rotatable bonds is 6. The molecule has 0 saturated carbocycles. The number of carbonyl (C=O) groups is 2. The van der Waals surface area contributed by atoms with E-state index >= 15 is 0 Å². The van der Waals surface area contributed by atoms with Crippen molar-refractivity contribution in [3.8, 4) is 0 Å². The molecule has 2 N–H and O–H groups in total. The minimum atomic E-state index is -0.944. The van der Waals surface area contributed by atoms with Crippen LogP contribution in [0, 0.1) is 0 Å². The zero-order valence-electron chi connectivity index (χ0n) is 15.4. The summed E-state index contributed by atoms with van der Waals surface area (Å²) in [6.07, 6.45) is 7.58. The second kappa shape index (κ2) is 10.3. The van der Waals surface area contributed by atoms with Crippen LogP contribution in [0.1, 0.15) is 43.0 Å². The Kier molecular flexibility index (Phi) is 7.78. The van der Waals surface area contributed by atoms with Gasteiger partial charge in [0, 0.05) is 18.6 Å². The molecule has 0 aliphatic carbocycles. The molecular weight excluding hydrogens is 403 g/mol. The van der Waals surface area contributed by atoms with Gasteiger partial charge in [-0.2, -0.15) is 0 Å². The summed E-state index contributed by atoms with van der Waals surface area (Å²) in [7, 11) is 0. The fourth-order valence-corrected chi connectivity index (χ4v) is 2.65. The van der Waals surface area contributed by atoms with Crippen molar-refractivity contribution in [2.75, 3.05) is 0 Å². The van der Waals surface area contributed by atoms with Crippen molar-refractivity contribution in [3.63, 3.8) is 0 Å². The monoisotopic (exact) mass is 421 g/mol. The summed E-state index contributed by atoms with van der Waals surface area (Å²) in [5, 5.41) is 18.1. The first kappa shape index (κ1) is 22.0. The van der Waals surface area contributed by atoms with Gasteiger partial charge in [0.15, 0.2) is 0 Å². The van der Waals surface area contributed by atoms with Crippen molar-refractivity contribution >= 4 is 36.2 Å². The molecule has 3 aromatic carbocycles. The second-order valence-electron chi connectivity index (χ2n) is 6.19. The van der Waals surface area contributed by atoms with E-state index in [1.54, 1.807) is 36.4 Å². The number of hydrogen-bond donors (Lipinski definition) is 2. The van der Waals surface area contributed by atoms with Crippen molar-refractivity contribution in [2.24, 2.45) is 0 Å². The van der Waals surface area contributed by atoms with Gasteiger partial charge >= 0.3 is 11.9 Å². The Morgan fingerprint density at radius 3 is 1.24 bits per heavy atom. The quantitative estimate of drug-likeness (QED) is 0.521. The molecule has 29 heavy (non-hydrogen) atoms. The Morgan fingerprint density at radius 1 is 0.552 bits per heavy atom. The first-order chi connectivity index (χ1) is 13.5. The number of carboxylic acids is 2. The number of aromatic carboxylic acids is 2. The maximum atomic E-state index is 11.0. The van der Waals surface area contributed by atoms with Crippen molar-refractivity contribution in [1.29, 1.82) is 0 Å². The van der Waals surface area contributed by atoms with Crippen molar-refractivity contribution in [2.45, 2.75) is 0 Å². The van der Waals surface area contributed by atoms with Crippen molar-refractivity contribution in [3.05, 3.63) is 106 Å². The van der Waals surface area contributed by atoms with E-state index < -0.39 is 11.9 Å². The van der Waals surface area contributed by atoms with E-state index in [0.29, 0.717) is 0 Å². The third-order valence-corrected chi connectivity index (χ3v) is 4.14. The molecule has 0 atom stereocenters. The van der Waals surface area contributed by atoms with Gasteiger partial charge in [-0.1, -0.05) is 72.8 Å². The molecule has 143 valence electrons. The minimum Gasteiger partial charge on any atom is -0.478 e. The van der Waals surface area contributed by atoms with Gasteiger partial charge in [-0.25, -0.2) is 9.59 Å². The number of carboxylic acid groups (broad SMARTS) is 2. The largest absolute Gasteiger partial charge is 0.478 e. The van der Waals surface area contributed by atoms with Gasteiger partial charge in [0.05, 0.1) is 11.1 Å². The summed E-state index contributed by atoms with van der Waals surface area (Å²) in [5.74, 6) is -1.89. The predicted molar refractivity (Wildman–Crippen MR) is 111 cm³/mol. The normalized spacial score (nSPS) is 10.8. The molecule has 0 saturated heterocycles. The molecule has 0 unspecified atom stereocenters. The Hall–Kier alpha value is -3.34. The van der Waals surface area contributed by atoms with Gasteiger partial charge in [-0.05, 0) is 46.5 Å². The van der Waals surface area contributed by atoms with Crippen LogP contribution < -0.4 is 0 Å². The molecule has 0 amide bonds. The molecule has 0 fully saturated rings. The van der Waals surface area contributed by atoms with Crippen LogP contribution in [0.25, 0.3) is 24.3 Å². The fourth-order valence-electron chi connectivity index (χ4n) is 2.65. The van der Waals surface area contributed by atoms with Gasteiger partial charge in [0.25, 0.3) is 0 Å². The van der Waals surface area contributed by atoms with Crippen LogP contribution in [-0.2, 0) is 18.6 Å². The van der Waals surface area contributed by atoms with Gasteiger partial charge < -0.3 is 10.2 Å². The van der Waals surface area contributed by atoms with Crippen molar-refractivity contribution < 1.29 is 38.4 Å². The Morgan fingerprint density at radius 2 is 0.897 bits per heavy atom. The van der Waals surface area contributed by atoms with Crippen LogP contribution in [0.5, 0.6) is 0 Å². The van der Waals surface area contributed by atoms with E-state index in [-0.39, 0.29) is 29.7 Å². The van der Waals surface area contributed by atoms with Crippen LogP contribution in [-0.4, -0.2) is 22.2 Å². The topological polar surface area (TPSA) is 74.6 Å². The Bertz CT molecular complexity index is 980. The maximum Gasteiger partial charge on any atom is 0.335 e. The summed E-state index contributed by atoms with van der Waals surface area (Å²) in [4.78, 5) is 22.0. The SMILES string of the molecule is O=C(O)c1cccc(/C=C/c2ccc(/C=C/c3cccc(C(=O)O)c3)cc2)c1.[V]. The zero-order chi connectivity index (χ0) is 19.9. The van der Waals surface area contributed by atoms with Crippen LogP contribution >= 0.6 is 0 Å². The third-order valence-electron chi connectivity index (χ3n) is 4.14. The van der Waals surface area contributed by atoms with Gasteiger partial charge in [0.1, 0.15) is 0 Å². The van der Waals surface area contributed by atoms with Crippen molar-refractivity contribution in [1.82, 2.24) is 0 Å². The molecule has 0 aromatic heterocycles. The predicted octanol–water partition coefficient (Wildman–Crippen LogP) is 5.42. The summed E-state index contributed by atoms with van der Waals surface area (Å²) >= 11 is 0. The van der Waals surface area contributed by atoms with Crippen LogP contribution in [0.15, 0.2) is 72.8 Å². The van der Waals surface area contributed by atoms with E-state index in [1.807, 2.05) is 60.7 Å². The molecule has 0 aliphatic heterocycles. The molecule has 5 heteroatoms. The first-order valence-electron chi connectivity index (χ1n) is 8.64. The van der Waals surface area contributed by atoms with Gasteiger partial charge in [-0.3, -0.25) is 0 Å². The van der Waals surface area contributed by atoms with Crippen LogP contribution in [0.2, 0.25) is 0 Å². The van der Waals surface area contributed by atoms with E-state index in [1.165, 1.54) is 0 Å². The molecule has 0 heterocycles. The summed E-state index contributed by atoms with van der Waals surface area (Å²) < 4.78 is 0. The molecule has 1 radical (unpaired) electrons. The molecular formula is C24H18O4V. The summed E-state index contributed by atoms with van der Waals surface area (Å²) in [6.45, 7) is 0. The zero-order valence-corrected chi connectivity index (χ0v) is 16.8. The molecule has 4 nitrogen and oxygen atoms in total. The molecule has 0 bridgehead atoms. The van der Waals surface area contributed by atoms with Gasteiger partial charge in [-0.15, -0.1) is 0 Å². The van der Waals surface area contributed by atoms with E-state index in [9.17, 15) is 9.59 Å². The summed E-state index contributed by atoms with van der Waals surface area (Å²) in [6, 6.07) is 21.4. The minimum absolute atomic E-state index is 0. The molecule has 3 rings (SSSR count). The van der Waals surface area contributed by atoms with E-state index in [0.717, 1.165) is 22.3 Å². The first-order valence-corrected chi connectivity index (χ1v) is 8.64. The van der Waals surface area contributed by atoms with E-state index in [2.05, 4.69) is 0 Å². The van der Waals surface area contributed by atoms with Gasteiger partial charge in [0.2, 0.25) is 0 Å². The van der Waals surface area contributed by atoms with E-state index in [4.69, 9.17) is 10.2 Å². The fraction of sp³-hybridized carbons (Fsp3) is 0. The Balaban J connectivity index is 0.00000300.